The van der Waals surface area contributed by atoms with Crippen LogP contribution in [0.25, 0.3) is 0 Å². The van der Waals surface area contributed by atoms with Crippen molar-refractivity contribution in [3.8, 4) is 5.75 Å². The first-order valence-corrected chi connectivity index (χ1v) is 7.20. The molecule has 1 fully saturated rings. The Hall–Kier alpha value is -0.810. The van der Waals surface area contributed by atoms with Crippen LogP contribution in [0.4, 0.5) is 0 Å². The van der Waals surface area contributed by atoms with Crippen molar-refractivity contribution in [3.05, 3.63) is 28.2 Å². The number of halogens is 1. The smallest absolute Gasteiger partial charge is 0.166 e. The molecule has 1 aliphatic rings. The van der Waals surface area contributed by atoms with E-state index in [2.05, 4.69) is 39.6 Å². The third kappa shape index (κ3) is 3.59. The van der Waals surface area contributed by atoms with Crippen molar-refractivity contribution in [1.29, 1.82) is 0 Å². The second-order valence-electron chi connectivity index (χ2n) is 4.51. The lowest BCUT2D eigenvalue weighted by Gasteiger charge is -2.18. The molecule has 0 amide bonds. The van der Waals surface area contributed by atoms with Crippen molar-refractivity contribution >= 4 is 33.3 Å². The molecule has 1 aromatic rings. The Bertz CT molecular complexity index is 449. The Balaban J connectivity index is 1.96. The largest absolute Gasteiger partial charge is 0.496 e. The maximum atomic E-state index is 5.27. The van der Waals surface area contributed by atoms with Crippen LogP contribution in [-0.2, 0) is 0 Å². The van der Waals surface area contributed by atoms with Gasteiger partial charge in [-0.3, -0.25) is 0 Å². The molecule has 1 atom stereocenters. The predicted molar refractivity (Wildman–Crippen MR) is 81.0 cm³/mol. The van der Waals surface area contributed by atoms with E-state index in [1.807, 2.05) is 12.1 Å². The van der Waals surface area contributed by atoms with Crippen molar-refractivity contribution in [2.75, 3.05) is 7.11 Å². The van der Waals surface area contributed by atoms with Crippen LogP contribution in [0.3, 0.4) is 0 Å². The average molecular weight is 329 g/mol. The van der Waals surface area contributed by atoms with Crippen molar-refractivity contribution < 1.29 is 4.74 Å². The number of benzene rings is 1. The highest BCUT2D eigenvalue weighted by molar-refractivity contribution is 9.10. The van der Waals surface area contributed by atoms with Crippen molar-refractivity contribution in [1.82, 2.24) is 10.6 Å². The van der Waals surface area contributed by atoms with E-state index in [0.29, 0.717) is 6.04 Å². The molecule has 18 heavy (non-hydrogen) atoms. The number of hydrogen-bond donors (Lipinski definition) is 2. The lowest BCUT2D eigenvalue weighted by molar-refractivity contribution is 0.412. The van der Waals surface area contributed by atoms with E-state index in [4.69, 9.17) is 17.0 Å². The fourth-order valence-electron chi connectivity index (χ4n) is 1.69. The summed E-state index contributed by atoms with van der Waals surface area (Å²) in [7, 11) is 1.66. The SMILES string of the molecule is COc1ccc([C@H](C)NC(=S)NC2CC2)cc1Br. The summed E-state index contributed by atoms with van der Waals surface area (Å²) in [5.41, 5.74) is 1.17. The molecule has 1 saturated carbocycles. The second-order valence-corrected chi connectivity index (χ2v) is 5.77. The van der Waals surface area contributed by atoms with E-state index >= 15 is 0 Å². The molecule has 0 unspecified atom stereocenters. The highest BCUT2D eigenvalue weighted by atomic mass is 79.9. The first-order valence-electron chi connectivity index (χ1n) is 6.00. The zero-order chi connectivity index (χ0) is 13.1. The minimum atomic E-state index is 0.172. The molecule has 0 aromatic heterocycles. The van der Waals surface area contributed by atoms with Crippen LogP contribution in [0.2, 0.25) is 0 Å². The molecule has 2 rings (SSSR count). The van der Waals surface area contributed by atoms with Gasteiger partial charge < -0.3 is 15.4 Å². The molecule has 2 N–H and O–H groups in total. The second kappa shape index (κ2) is 5.89. The minimum absolute atomic E-state index is 0.172. The van der Waals surface area contributed by atoms with E-state index < -0.39 is 0 Å². The van der Waals surface area contributed by atoms with Gasteiger partial charge in [-0.2, -0.15) is 0 Å². The predicted octanol–water partition coefficient (Wildman–Crippen LogP) is 3.15. The number of hydrogen-bond acceptors (Lipinski definition) is 2. The van der Waals surface area contributed by atoms with E-state index in [9.17, 15) is 0 Å². The monoisotopic (exact) mass is 328 g/mol. The van der Waals surface area contributed by atoms with Gasteiger partial charge in [0.1, 0.15) is 5.75 Å². The molecule has 98 valence electrons. The summed E-state index contributed by atoms with van der Waals surface area (Å²) in [6.45, 7) is 2.09. The van der Waals surface area contributed by atoms with Gasteiger partial charge in [0.2, 0.25) is 0 Å². The molecule has 1 aliphatic carbocycles. The number of methoxy groups -OCH3 is 1. The first kappa shape index (κ1) is 13.6. The summed E-state index contributed by atoms with van der Waals surface area (Å²) in [5, 5.41) is 7.30. The van der Waals surface area contributed by atoms with Gasteiger partial charge in [-0.25, -0.2) is 0 Å². The van der Waals surface area contributed by atoms with E-state index in [1.165, 1.54) is 18.4 Å². The van der Waals surface area contributed by atoms with Crippen LogP contribution >= 0.6 is 28.1 Å². The minimum Gasteiger partial charge on any atom is -0.496 e. The van der Waals surface area contributed by atoms with Gasteiger partial charge in [-0.15, -0.1) is 0 Å². The average Bonchev–Trinajstić information content (AvgIpc) is 3.12. The van der Waals surface area contributed by atoms with Gasteiger partial charge >= 0.3 is 0 Å². The van der Waals surface area contributed by atoms with Gasteiger partial charge in [-0.05, 0) is 65.6 Å². The quantitative estimate of drug-likeness (QED) is 0.832. The normalized spacial score (nSPS) is 15.9. The molecule has 0 radical (unpaired) electrons. The molecule has 0 aliphatic heterocycles. The lowest BCUT2D eigenvalue weighted by Crippen LogP contribution is -2.37. The Morgan fingerprint density at radius 2 is 2.22 bits per heavy atom. The maximum absolute atomic E-state index is 5.27. The summed E-state index contributed by atoms with van der Waals surface area (Å²) < 4.78 is 6.17. The standard InChI is InChI=1S/C13H17BrN2OS/c1-8(15-13(18)16-10-4-5-10)9-3-6-12(17-2)11(14)7-9/h3,6-8,10H,4-5H2,1-2H3,(H2,15,16,18)/t8-/m0/s1. The van der Waals surface area contributed by atoms with Crippen molar-refractivity contribution in [3.63, 3.8) is 0 Å². The van der Waals surface area contributed by atoms with E-state index in [0.717, 1.165) is 15.3 Å². The van der Waals surface area contributed by atoms with Crippen LogP contribution in [0.15, 0.2) is 22.7 Å². The van der Waals surface area contributed by atoms with E-state index in [1.54, 1.807) is 7.11 Å². The van der Waals surface area contributed by atoms with E-state index in [-0.39, 0.29) is 6.04 Å². The molecule has 0 saturated heterocycles. The fraction of sp³-hybridized carbons (Fsp3) is 0.462. The molecule has 5 heteroatoms. The van der Waals surface area contributed by atoms with Crippen molar-refractivity contribution in [2.45, 2.75) is 31.8 Å². The van der Waals surface area contributed by atoms with Crippen LogP contribution in [-0.4, -0.2) is 18.3 Å². The molecular weight excluding hydrogens is 312 g/mol. The summed E-state index contributed by atoms with van der Waals surface area (Å²) >= 11 is 8.76. The Labute approximate surface area is 121 Å². The lowest BCUT2D eigenvalue weighted by atomic mass is 10.1. The summed E-state index contributed by atoms with van der Waals surface area (Å²) in [6, 6.07) is 6.80. The number of nitrogens with one attached hydrogen (secondary N) is 2. The van der Waals surface area contributed by atoms with Gasteiger partial charge in [-0.1, -0.05) is 6.07 Å². The van der Waals surface area contributed by atoms with Crippen molar-refractivity contribution in [2.24, 2.45) is 0 Å². The zero-order valence-corrected chi connectivity index (χ0v) is 12.9. The Morgan fingerprint density at radius 3 is 2.78 bits per heavy atom. The highest BCUT2D eigenvalue weighted by Gasteiger charge is 2.22. The number of rotatable bonds is 4. The van der Waals surface area contributed by atoms with Crippen LogP contribution in [0.5, 0.6) is 5.75 Å². The zero-order valence-electron chi connectivity index (χ0n) is 10.5. The third-order valence-corrected chi connectivity index (χ3v) is 3.79. The summed E-state index contributed by atoms with van der Waals surface area (Å²) in [6.07, 6.45) is 2.45. The van der Waals surface area contributed by atoms with Crippen LogP contribution < -0.4 is 15.4 Å². The van der Waals surface area contributed by atoms with Crippen LogP contribution in [0.1, 0.15) is 31.4 Å². The first-order chi connectivity index (χ1) is 8.60. The number of thiocarbonyl (C=S) groups is 1. The van der Waals surface area contributed by atoms with Gasteiger partial charge in [0.15, 0.2) is 5.11 Å². The Kier molecular flexibility index (Phi) is 4.45. The molecule has 0 spiro atoms. The molecule has 0 bridgehead atoms. The summed E-state index contributed by atoms with van der Waals surface area (Å²) in [4.78, 5) is 0. The summed E-state index contributed by atoms with van der Waals surface area (Å²) in [5.74, 6) is 0.838. The molecule has 1 aromatic carbocycles. The fourth-order valence-corrected chi connectivity index (χ4v) is 2.59. The highest BCUT2D eigenvalue weighted by Crippen LogP contribution is 2.28. The molecular formula is C13H17BrN2OS. The molecule has 0 heterocycles. The van der Waals surface area contributed by atoms with Crippen LogP contribution in [0, 0.1) is 0 Å². The third-order valence-electron chi connectivity index (χ3n) is 2.94. The topological polar surface area (TPSA) is 33.3 Å². The Morgan fingerprint density at radius 1 is 1.50 bits per heavy atom. The van der Waals surface area contributed by atoms with Gasteiger partial charge in [0, 0.05) is 6.04 Å². The maximum Gasteiger partial charge on any atom is 0.166 e. The van der Waals surface area contributed by atoms with Gasteiger partial charge in [0.05, 0.1) is 17.6 Å². The van der Waals surface area contributed by atoms with Gasteiger partial charge in [0.25, 0.3) is 0 Å². The number of ether oxygens (including phenoxy) is 1. The molecule has 3 nitrogen and oxygen atoms in total.